The van der Waals surface area contributed by atoms with Gasteiger partial charge in [-0.1, -0.05) is 32.9 Å². The first kappa shape index (κ1) is 15.2. The van der Waals surface area contributed by atoms with Crippen LogP contribution >= 0.6 is 0 Å². The number of anilines is 2. The van der Waals surface area contributed by atoms with Crippen molar-refractivity contribution in [3.63, 3.8) is 0 Å². The van der Waals surface area contributed by atoms with Crippen molar-refractivity contribution in [3.8, 4) is 0 Å². The molecule has 2 rings (SSSR count). The number of hydrogen-bond donors (Lipinski definition) is 1. The molecule has 1 heterocycles. The number of rotatable bonds is 4. The Morgan fingerprint density at radius 3 is 2.40 bits per heavy atom. The molecule has 0 fully saturated rings. The van der Waals surface area contributed by atoms with Crippen LogP contribution in [0.5, 0.6) is 0 Å². The van der Waals surface area contributed by atoms with E-state index in [1.54, 1.807) is 0 Å². The number of benzene rings is 1. The minimum Gasteiger partial charge on any atom is -0.371 e. The number of hydrogen-bond acceptors (Lipinski definition) is 3. The standard InChI is InChI=1S/C17H29N3/c1-17(2,3)16(18-4)10-11-20-13-12-19(5)14-8-6-7-9-15(14)20/h6-9,16,18H,10-13H2,1-5H3. The summed E-state index contributed by atoms with van der Waals surface area (Å²) in [4.78, 5) is 4.89. The van der Waals surface area contributed by atoms with E-state index >= 15 is 0 Å². The maximum absolute atomic E-state index is 3.48. The summed E-state index contributed by atoms with van der Waals surface area (Å²) in [6, 6.07) is 9.29. The summed E-state index contributed by atoms with van der Waals surface area (Å²) in [5.41, 5.74) is 3.04. The lowest BCUT2D eigenvalue weighted by Crippen LogP contribution is -2.44. The fourth-order valence-corrected chi connectivity index (χ4v) is 3.09. The van der Waals surface area contributed by atoms with E-state index < -0.39 is 0 Å². The molecule has 1 atom stereocenters. The fraction of sp³-hybridized carbons (Fsp3) is 0.647. The van der Waals surface area contributed by atoms with Crippen molar-refractivity contribution in [1.82, 2.24) is 5.32 Å². The zero-order valence-corrected chi connectivity index (χ0v) is 13.6. The van der Waals surface area contributed by atoms with Crippen molar-refractivity contribution in [1.29, 1.82) is 0 Å². The molecule has 1 aromatic rings. The highest BCUT2D eigenvalue weighted by atomic mass is 15.2. The average Bonchev–Trinajstić information content (AvgIpc) is 2.40. The highest BCUT2D eigenvalue weighted by Crippen LogP contribution is 2.32. The van der Waals surface area contributed by atoms with Gasteiger partial charge in [0, 0.05) is 32.7 Å². The van der Waals surface area contributed by atoms with Crippen LogP contribution in [-0.2, 0) is 0 Å². The second-order valence-electron chi connectivity index (χ2n) is 6.89. The summed E-state index contributed by atoms with van der Waals surface area (Å²) in [7, 11) is 4.26. The van der Waals surface area contributed by atoms with Gasteiger partial charge in [-0.05, 0) is 31.0 Å². The Bertz CT molecular complexity index is 436. The van der Waals surface area contributed by atoms with Gasteiger partial charge in [-0.2, -0.15) is 0 Å². The maximum Gasteiger partial charge on any atom is 0.0604 e. The lowest BCUT2D eigenvalue weighted by molar-refractivity contribution is 0.269. The molecule has 112 valence electrons. The first-order valence-electron chi connectivity index (χ1n) is 7.66. The fourth-order valence-electron chi connectivity index (χ4n) is 3.09. The molecule has 1 aliphatic rings. The lowest BCUT2D eigenvalue weighted by atomic mass is 9.85. The monoisotopic (exact) mass is 275 g/mol. The second kappa shape index (κ2) is 6.04. The zero-order chi connectivity index (χ0) is 14.8. The van der Waals surface area contributed by atoms with Crippen molar-refractivity contribution in [2.45, 2.75) is 33.2 Å². The highest BCUT2D eigenvalue weighted by molar-refractivity contribution is 5.73. The lowest BCUT2D eigenvalue weighted by Gasteiger charge is -2.39. The van der Waals surface area contributed by atoms with Gasteiger partial charge in [0.2, 0.25) is 0 Å². The maximum atomic E-state index is 3.48. The van der Waals surface area contributed by atoms with Crippen LogP contribution in [0.1, 0.15) is 27.2 Å². The molecule has 0 amide bonds. The van der Waals surface area contributed by atoms with Gasteiger partial charge in [-0.3, -0.25) is 0 Å². The Balaban J connectivity index is 2.06. The van der Waals surface area contributed by atoms with Crippen LogP contribution in [0.3, 0.4) is 0 Å². The van der Waals surface area contributed by atoms with Crippen LogP contribution in [0.2, 0.25) is 0 Å². The summed E-state index contributed by atoms with van der Waals surface area (Å²) in [6.45, 7) is 10.3. The second-order valence-corrected chi connectivity index (χ2v) is 6.89. The van der Waals surface area contributed by atoms with Gasteiger partial charge in [0.15, 0.2) is 0 Å². The van der Waals surface area contributed by atoms with Crippen LogP contribution in [0.15, 0.2) is 24.3 Å². The average molecular weight is 275 g/mol. The van der Waals surface area contributed by atoms with Gasteiger partial charge in [-0.15, -0.1) is 0 Å². The molecule has 1 aliphatic heterocycles. The summed E-state index contributed by atoms with van der Waals surface area (Å²) in [5.74, 6) is 0. The molecular weight excluding hydrogens is 246 g/mol. The molecule has 3 nitrogen and oxygen atoms in total. The van der Waals surface area contributed by atoms with Crippen molar-refractivity contribution in [2.24, 2.45) is 5.41 Å². The molecule has 0 aliphatic carbocycles. The molecule has 1 N–H and O–H groups in total. The largest absolute Gasteiger partial charge is 0.371 e. The number of fused-ring (bicyclic) bond motifs is 1. The Morgan fingerprint density at radius 2 is 1.80 bits per heavy atom. The smallest absolute Gasteiger partial charge is 0.0604 e. The van der Waals surface area contributed by atoms with E-state index in [1.807, 2.05) is 0 Å². The van der Waals surface area contributed by atoms with E-state index in [9.17, 15) is 0 Å². The predicted molar refractivity (Wildman–Crippen MR) is 88.8 cm³/mol. The number of para-hydroxylation sites is 2. The molecular formula is C17H29N3. The van der Waals surface area contributed by atoms with E-state index in [2.05, 4.69) is 74.2 Å². The quantitative estimate of drug-likeness (QED) is 0.911. The molecule has 0 aromatic heterocycles. The topological polar surface area (TPSA) is 18.5 Å². The SMILES string of the molecule is CNC(CCN1CCN(C)c2ccccc21)C(C)(C)C. The van der Waals surface area contributed by atoms with Crippen LogP contribution in [-0.4, -0.2) is 39.8 Å². The van der Waals surface area contributed by atoms with Crippen molar-refractivity contribution < 1.29 is 0 Å². The van der Waals surface area contributed by atoms with Crippen molar-refractivity contribution >= 4 is 11.4 Å². The number of nitrogens with one attached hydrogen (secondary N) is 1. The van der Waals surface area contributed by atoms with E-state index in [0.29, 0.717) is 11.5 Å². The minimum absolute atomic E-state index is 0.306. The van der Waals surface area contributed by atoms with Crippen LogP contribution < -0.4 is 15.1 Å². The van der Waals surface area contributed by atoms with Crippen LogP contribution in [0, 0.1) is 5.41 Å². The normalized spacial score (nSPS) is 17.1. The van der Waals surface area contributed by atoms with Gasteiger partial charge in [0.25, 0.3) is 0 Å². The third kappa shape index (κ3) is 3.26. The third-order valence-electron chi connectivity index (χ3n) is 4.42. The highest BCUT2D eigenvalue weighted by Gasteiger charge is 2.25. The summed E-state index contributed by atoms with van der Waals surface area (Å²) in [5, 5.41) is 3.48. The summed E-state index contributed by atoms with van der Waals surface area (Å²) in [6.07, 6.45) is 1.18. The van der Waals surface area contributed by atoms with Crippen molar-refractivity contribution in [3.05, 3.63) is 24.3 Å². The van der Waals surface area contributed by atoms with Crippen LogP contribution in [0.25, 0.3) is 0 Å². The molecule has 0 saturated heterocycles. The first-order valence-corrected chi connectivity index (χ1v) is 7.66. The Kier molecular flexibility index (Phi) is 4.59. The van der Waals surface area contributed by atoms with Gasteiger partial charge < -0.3 is 15.1 Å². The van der Waals surface area contributed by atoms with Gasteiger partial charge in [-0.25, -0.2) is 0 Å². The number of likely N-dealkylation sites (N-methyl/N-ethyl adjacent to an activating group) is 1. The molecule has 0 spiro atoms. The van der Waals surface area contributed by atoms with Crippen LogP contribution in [0.4, 0.5) is 11.4 Å². The van der Waals surface area contributed by atoms with E-state index in [1.165, 1.54) is 17.8 Å². The molecule has 0 saturated carbocycles. The Hall–Kier alpha value is -1.22. The number of nitrogens with zero attached hydrogens (tertiary/aromatic N) is 2. The van der Waals surface area contributed by atoms with E-state index in [0.717, 1.165) is 19.6 Å². The first-order chi connectivity index (χ1) is 9.43. The van der Waals surface area contributed by atoms with Gasteiger partial charge in [0.05, 0.1) is 11.4 Å². The molecule has 20 heavy (non-hydrogen) atoms. The molecule has 0 bridgehead atoms. The molecule has 1 unspecified atom stereocenters. The molecule has 1 aromatic carbocycles. The van der Waals surface area contributed by atoms with Crippen molar-refractivity contribution in [2.75, 3.05) is 43.5 Å². The zero-order valence-electron chi connectivity index (χ0n) is 13.6. The van der Waals surface area contributed by atoms with Gasteiger partial charge in [0.1, 0.15) is 0 Å². The summed E-state index contributed by atoms with van der Waals surface area (Å²) >= 11 is 0. The van der Waals surface area contributed by atoms with E-state index in [-0.39, 0.29) is 0 Å². The molecule has 0 radical (unpaired) electrons. The molecule has 3 heteroatoms. The predicted octanol–water partition coefficient (Wildman–Crippen LogP) is 2.97. The third-order valence-corrected chi connectivity index (χ3v) is 4.42. The Morgan fingerprint density at radius 1 is 1.15 bits per heavy atom. The van der Waals surface area contributed by atoms with Gasteiger partial charge >= 0.3 is 0 Å². The Labute approximate surface area is 124 Å². The van der Waals surface area contributed by atoms with E-state index in [4.69, 9.17) is 0 Å². The summed E-state index contributed by atoms with van der Waals surface area (Å²) < 4.78 is 0. The minimum atomic E-state index is 0.306.